The molecule has 0 heterocycles. The molecule has 0 bridgehead atoms. The summed E-state index contributed by atoms with van der Waals surface area (Å²) in [6.45, 7) is 5.72. The lowest BCUT2D eigenvalue weighted by Crippen LogP contribution is -2.27. The van der Waals surface area contributed by atoms with Crippen LogP contribution in [0.25, 0.3) is 0 Å². The third kappa shape index (κ3) is 9.35. The predicted molar refractivity (Wildman–Crippen MR) is 82.1 cm³/mol. The average molecular weight is 374 g/mol. The monoisotopic (exact) mass is 374 g/mol. The third-order valence-corrected chi connectivity index (χ3v) is 6.02. The second-order valence-electron chi connectivity index (χ2n) is 5.02. The van der Waals surface area contributed by atoms with E-state index in [0.717, 1.165) is 0 Å². The summed E-state index contributed by atoms with van der Waals surface area (Å²) in [5.74, 6) is -4.08. The van der Waals surface area contributed by atoms with Crippen molar-refractivity contribution in [1.29, 1.82) is 0 Å². The number of carbonyl (C=O) groups excluding carboxylic acids is 2. The van der Waals surface area contributed by atoms with Crippen molar-refractivity contribution in [3.8, 4) is 0 Å². The molecule has 11 heteroatoms. The van der Waals surface area contributed by atoms with E-state index < -0.39 is 51.3 Å². The number of hydrogen-bond donors (Lipinski definition) is 2. The minimum absolute atomic E-state index is 0.00865. The fraction of sp³-hybridized carbons (Fsp3) is 0.833. The zero-order valence-corrected chi connectivity index (χ0v) is 15.4. The average Bonchev–Trinajstić information content (AvgIpc) is 2.36. The Kier molecular flexibility index (Phi) is 9.43. The molecule has 4 unspecified atom stereocenters. The van der Waals surface area contributed by atoms with Gasteiger partial charge < -0.3 is 23.6 Å². The predicted octanol–water partition coefficient (Wildman–Crippen LogP) is 1.77. The molecular formula is C12H24O9P2. The molecule has 0 aromatic heterocycles. The molecular weight excluding hydrogens is 350 g/mol. The minimum Gasteiger partial charge on any atom is -0.393 e. The molecule has 23 heavy (non-hydrogen) atoms. The molecule has 0 saturated carbocycles. The maximum Gasteiger partial charge on any atom is 0.328 e. The van der Waals surface area contributed by atoms with Crippen molar-refractivity contribution in [2.45, 2.75) is 27.7 Å². The van der Waals surface area contributed by atoms with Crippen LogP contribution in [0.3, 0.4) is 0 Å². The molecule has 2 N–H and O–H groups in total. The minimum atomic E-state index is -3.93. The highest BCUT2D eigenvalue weighted by Gasteiger charge is 2.32. The molecule has 0 rings (SSSR count). The van der Waals surface area contributed by atoms with E-state index in [1.54, 1.807) is 0 Å². The van der Waals surface area contributed by atoms with Gasteiger partial charge in [0.25, 0.3) is 0 Å². The molecule has 0 amide bonds. The van der Waals surface area contributed by atoms with E-state index in [1.165, 1.54) is 27.7 Å². The van der Waals surface area contributed by atoms with Crippen LogP contribution in [-0.4, -0.2) is 47.3 Å². The standard InChI is InChI=1S/C12H24O9P2/c1-5-19-22(15,16)7-9(3)11(13)21-12(14)10(4)8-23(17,18)20-6-2/h9-10H,5-8H2,1-4H3,(H,15,16)(H,17,18). The van der Waals surface area contributed by atoms with Gasteiger partial charge in [0, 0.05) is 0 Å². The van der Waals surface area contributed by atoms with Crippen LogP contribution in [0.4, 0.5) is 0 Å². The first-order chi connectivity index (χ1) is 10.4. The first-order valence-electron chi connectivity index (χ1n) is 7.12. The van der Waals surface area contributed by atoms with Gasteiger partial charge in [0.2, 0.25) is 0 Å². The van der Waals surface area contributed by atoms with Crippen LogP contribution in [0.2, 0.25) is 0 Å². The van der Waals surface area contributed by atoms with Gasteiger partial charge in [-0.05, 0) is 13.8 Å². The summed E-state index contributed by atoms with van der Waals surface area (Å²) >= 11 is 0. The summed E-state index contributed by atoms with van der Waals surface area (Å²) in [5, 5.41) is 0. The van der Waals surface area contributed by atoms with Gasteiger partial charge in [0.1, 0.15) is 0 Å². The molecule has 0 spiro atoms. The molecule has 0 radical (unpaired) electrons. The van der Waals surface area contributed by atoms with Crippen molar-refractivity contribution >= 4 is 27.1 Å². The zero-order chi connectivity index (χ0) is 18.3. The highest BCUT2D eigenvalue weighted by atomic mass is 31.2. The Bertz CT molecular complexity index is 461. The van der Waals surface area contributed by atoms with Crippen molar-refractivity contribution in [1.82, 2.24) is 0 Å². The normalized spacial score (nSPS) is 19.2. The van der Waals surface area contributed by atoms with E-state index in [4.69, 9.17) is 0 Å². The fourth-order valence-electron chi connectivity index (χ4n) is 1.65. The van der Waals surface area contributed by atoms with E-state index in [9.17, 15) is 28.5 Å². The van der Waals surface area contributed by atoms with Gasteiger partial charge in [-0.1, -0.05) is 13.8 Å². The van der Waals surface area contributed by atoms with E-state index in [2.05, 4.69) is 13.8 Å². The summed E-state index contributed by atoms with van der Waals surface area (Å²) in [6, 6.07) is 0. The topological polar surface area (TPSA) is 136 Å². The van der Waals surface area contributed by atoms with Gasteiger partial charge in [0.05, 0.1) is 37.4 Å². The largest absolute Gasteiger partial charge is 0.393 e. The Morgan fingerprint density at radius 2 is 1.17 bits per heavy atom. The number of esters is 2. The Morgan fingerprint density at radius 3 is 1.43 bits per heavy atom. The number of ether oxygens (including phenoxy) is 1. The first-order valence-corrected chi connectivity index (χ1v) is 10.6. The van der Waals surface area contributed by atoms with Gasteiger partial charge in [-0.25, -0.2) is 0 Å². The summed E-state index contributed by atoms with van der Waals surface area (Å²) in [4.78, 5) is 42.4. The highest BCUT2D eigenvalue weighted by molar-refractivity contribution is 7.53. The lowest BCUT2D eigenvalue weighted by Gasteiger charge is -2.17. The molecule has 4 atom stereocenters. The molecule has 0 fully saturated rings. The van der Waals surface area contributed by atoms with Crippen molar-refractivity contribution in [2.24, 2.45) is 11.8 Å². The van der Waals surface area contributed by atoms with Crippen LogP contribution >= 0.6 is 15.2 Å². The van der Waals surface area contributed by atoms with Crippen molar-refractivity contribution in [3.05, 3.63) is 0 Å². The summed E-state index contributed by atoms with van der Waals surface area (Å²) in [5.41, 5.74) is 0. The molecule has 136 valence electrons. The van der Waals surface area contributed by atoms with Gasteiger partial charge >= 0.3 is 27.1 Å². The van der Waals surface area contributed by atoms with E-state index in [0.29, 0.717) is 0 Å². The SMILES string of the molecule is CCOP(=O)(O)CC(C)C(=O)OC(=O)C(C)CP(=O)(O)OCC. The molecule has 0 aliphatic heterocycles. The zero-order valence-electron chi connectivity index (χ0n) is 13.6. The van der Waals surface area contributed by atoms with Crippen molar-refractivity contribution in [2.75, 3.05) is 25.5 Å². The number of hydrogen-bond acceptors (Lipinski definition) is 7. The Balaban J connectivity index is 4.57. The lowest BCUT2D eigenvalue weighted by molar-refractivity contribution is -0.164. The van der Waals surface area contributed by atoms with Crippen LogP contribution < -0.4 is 0 Å². The highest BCUT2D eigenvalue weighted by Crippen LogP contribution is 2.44. The quantitative estimate of drug-likeness (QED) is 0.333. The lowest BCUT2D eigenvalue weighted by atomic mass is 10.2. The van der Waals surface area contributed by atoms with Crippen LogP contribution in [-0.2, 0) is 32.5 Å². The van der Waals surface area contributed by atoms with Crippen LogP contribution in [0.1, 0.15) is 27.7 Å². The number of carbonyl (C=O) groups is 2. The summed E-state index contributed by atoms with van der Waals surface area (Å²) in [7, 11) is -7.86. The van der Waals surface area contributed by atoms with E-state index >= 15 is 0 Å². The second kappa shape index (κ2) is 9.67. The first kappa shape index (κ1) is 22.4. The van der Waals surface area contributed by atoms with Crippen LogP contribution in [0.5, 0.6) is 0 Å². The van der Waals surface area contributed by atoms with E-state index in [-0.39, 0.29) is 13.2 Å². The summed E-state index contributed by atoms with van der Waals surface area (Å²) in [6.07, 6.45) is -0.975. The molecule has 0 aromatic rings. The van der Waals surface area contributed by atoms with Gasteiger partial charge in [-0.2, -0.15) is 0 Å². The fourth-order valence-corrected chi connectivity index (χ4v) is 4.35. The molecule has 0 saturated heterocycles. The van der Waals surface area contributed by atoms with Gasteiger partial charge in [0.15, 0.2) is 0 Å². The molecule has 0 aliphatic carbocycles. The maximum absolute atomic E-state index is 11.7. The maximum atomic E-state index is 11.7. The Hall–Kier alpha value is -0.560. The smallest absolute Gasteiger partial charge is 0.328 e. The molecule has 0 aliphatic rings. The van der Waals surface area contributed by atoms with Crippen molar-refractivity contribution < 1.29 is 42.3 Å². The van der Waals surface area contributed by atoms with Gasteiger partial charge in [-0.15, -0.1) is 0 Å². The molecule has 0 aromatic carbocycles. The van der Waals surface area contributed by atoms with Crippen LogP contribution in [0.15, 0.2) is 0 Å². The third-order valence-electron chi connectivity index (χ3n) is 2.68. The van der Waals surface area contributed by atoms with Crippen LogP contribution in [0, 0.1) is 11.8 Å². The molecule has 9 nitrogen and oxygen atoms in total. The Morgan fingerprint density at radius 1 is 0.870 bits per heavy atom. The Labute approximate surface area is 135 Å². The number of rotatable bonds is 10. The van der Waals surface area contributed by atoms with E-state index in [1.807, 2.05) is 0 Å². The van der Waals surface area contributed by atoms with Gasteiger partial charge in [-0.3, -0.25) is 18.7 Å². The second-order valence-corrected chi connectivity index (χ2v) is 8.81. The van der Waals surface area contributed by atoms with Crippen molar-refractivity contribution in [3.63, 3.8) is 0 Å². The summed E-state index contributed by atoms with van der Waals surface area (Å²) < 4.78 is 36.9.